The molecule has 0 saturated carbocycles. The molecular formula is C19H25BrO2. The zero-order chi connectivity index (χ0) is 16.4. The second-order valence-corrected chi connectivity index (χ2v) is 6.33. The van der Waals surface area contributed by atoms with Gasteiger partial charge in [-0.3, -0.25) is 0 Å². The van der Waals surface area contributed by atoms with Gasteiger partial charge in [0.25, 0.3) is 0 Å². The molecule has 0 N–H and O–H groups in total. The molecule has 1 atom stereocenters. The Bertz CT molecular complexity index is 511. The lowest BCUT2D eigenvalue weighted by molar-refractivity contribution is 0.0484. The van der Waals surface area contributed by atoms with Crippen LogP contribution in [0.4, 0.5) is 0 Å². The average Bonchev–Trinajstić information content (AvgIpc) is 2.48. The van der Waals surface area contributed by atoms with Crippen molar-refractivity contribution in [3.63, 3.8) is 0 Å². The van der Waals surface area contributed by atoms with Gasteiger partial charge in [0.2, 0.25) is 0 Å². The number of carbonyl (C=O) groups excluding carboxylic acids is 1. The predicted octanol–water partition coefficient (Wildman–Crippen LogP) is 5.98. The van der Waals surface area contributed by atoms with E-state index in [0.29, 0.717) is 18.1 Å². The summed E-state index contributed by atoms with van der Waals surface area (Å²) >= 11 is 3.23. The van der Waals surface area contributed by atoms with Gasteiger partial charge in [-0.25, -0.2) is 4.79 Å². The highest BCUT2D eigenvalue weighted by molar-refractivity contribution is 9.11. The van der Waals surface area contributed by atoms with Gasteiger partial charge < -0.3 is 4.74 Å². The van der Waals surface area contributed by atoms with Crippen LogP contribution in [0.15, 0.2) is 40.9 Å². The van der Waals surface area contributed by atoms with Gasteiger partial charge in [-0.05, 0) is 67.8 Å². The van der Waals surface area contributed by atoms with E-state index < -0.39 is 0 Å². The first-order valence-electron chi connectivity index (χ1n) is 7.70. The molecule has 0 spiro atoms. The number of hydrogen-bond acceptors (Lipinski definition) is 2. The number of allylic oxidation sites excluding steroid dienone is 2. The Morgan fingerprint density at radius 1 is 1.23 bits per heavy atom. The van der Waals surface area contributed by atoms with Crippen molar-refractivity contribution >= 4 is 28.0 Å². The van der Waals surface area contributed by atoms with E-state index in [1.54, 1.807) is 17.1 Å². The Kier molecular flexibility index (Phi) is 8.83. The molecule has 1 aromatic rings. The van der Waals surface area contributed by atoms with Gasteiger partial charge in [-0.2, -0.15) is 0 Å². The first-order valence-corrected chi connectivity index (χ1v) is 8.61. The second-order valence-electron chi connectivity index (χ2n) is 5.80. The second kappa shape index (κ2) is 10.4. The van der Waals surface area contributed by atoms with Crippen LogP contribution in [0.5, 0.6) is 0 Å². The van der Waals surface area contributed by atoms with E-state index in [9.17, 15) is 4.79 Å². The maximum absolute atomic E-state index is 11.9. The topological polar surface area (TPSA) is 26.3 Å². The van der Waals surface area contributed by atoms with Crippen molar-refractivity contribution in [3.8, 4) is 0 Å². The first kappa shape index (κ1) is 18.7. The van der Waals surface area contributed by atoms with Gasteiger partial charge in [0, 0.05) is 0 Å². The smallest absolute Gasteiger partial charge is 0.338 e. The zero-order valence-corrected chi connectivity index (χ0v) is 15.2. The summed E-state index contributed by atoms with van der Waals surface area (Å²) in [4.78, 5) is 13.7. The van der Waals surface area contributed by atoms with Crippen LogP contribution in [0.1, 0.15) is 56.0 Å². The Hall–Kier alpha value is -1.35. The van der Waals surface area contributed by atoms with E-state index in [4.69, 9.17) is 4.74 Å². The molecule has 0 fully saturated rings. The fourth-order valence-electron chi connectivity index (χ4n) is 2.04. The largest absolute Gasteiger partial charge is 0.462 e. The number of ether oxygens (including phenoxy) is 1. The van der Waals surface area contributed by atoms with Gasteiger partial charge in [-0.1, -0.05) is 46.6 Å². The summed E-state index contributed by atoms with van der Waals surface area (Å²) < 4.78 is 5.34. The van der Waals surface area contributed by atoms with E-state index in [-0.39, 0.29) is 5.97 Å². The van der Waals surface area contributed by atoms with E-state index >= 15 is 0 Å². The summed E-state index contributed by atoms with van der Waals surface area (Å²) in [6.07, 6.45) is 7.32. The Labute approximate surface area is 142 Å². The van der Waals surface area contributed by atoms with Crippen LogP contribution >= 0.6 is 15.9 Å². The van der Waals surface area contributed by atoms with Crippen LogP contribution in [-0.2, 0) is 4.74 Å². The first-order chi connectivity index (χ1) is 10.5. The van der Waals surface area contributed by atoms with E-state index in [1.165, 1.54) is 5.57 Å². The highest BCUT2D eigenvalue weighted by atomic mass is 79.9. The number of rotatable bonds is 8. The molecule has 0 saturated heterocycles. The normalized spacial score (nSPS) is 12.2. The summed E-state index contributed by atoms with van der Waals surface area (Å²) in [6, 6.07) is 7.39. The molecule has 1 rings (SSSR count). The third-order valence-corrected chi connectivity index (χ3v) is 3.72. The fraction of sp³-hybridized carbons (Fsp3) is 0.421. The lowest BCUT2D eigenvalue weighted by Gasteiger charge is -2.10. The van der Waals surface area contributed by atoms with Crippen molar-refractivity contribution in [1.82, 2.24) is 0 Å². The van der Waals surface area contributed by atoms with Crippen molar-refractivity contribution in [3.05, 3.63) is 52.0 Å². The highest BCUT2D eigenvalue weighted by Crippen LogP contribution is 2.13. The minimum atomic E-state index is -0.245. The fourth-order valence-corrected chi connectivity index (χ4v) is 2.35. The molecule has 120 valence electrons. The Morgan fingerprint density at radius 2 is 1.91 bits per heavy atom. The van der Waals surface area contributed by atoms with Gasteiger partial charge in [0.15, 0.2) is 0 Å². The van der Waals surface area contributed by atoms with Crippen LogP contribution in [-0.4, -0.2) is 12.6 Å². The molecule has 0 bridgehead atoms. The van der Waals surface area contributed by atoms with Crippen LogP contribution in [0, 0.1) is 5.92 Å². The maximum atomic E-state index is 11.9. The summed E-state index contributed by atoms with van der Waals surface area (Å²) in [7, 11) is 0. The Balaban J connectivity index is 2.32. The molecule has 2 nitrogen and oxygen atoms in total. The van der Waals surface area contributed by atoms with Crippen LogP contribution in [0.25, 0.3) is 6.08 Å². The number of esters is 1. The molecule has 0 heterocycles. The molecule has 0 radical (unpaired) electrons. The lowest BCUT2D eigenvalue weighted by atomic mass is 10.0. The Morgan fingerprint density at radius 3 is 2.50 bits per heavy atom. The quantitative estimate of drug-likeness (QED) is 0.418. The van der Waals surface area contributed by atoms with Crippen molar-refractivity contribution in [1.29, 1.82) is 0 Å². The summed E-state index contributed by atoms with van der Waals surface area (Å²) in [5, 5.41) is 0. The molecule has 22 heavy (non-hydrogen) atoms. The van der Waals surface area contributed by atoms with E-state index in [1.807, 2.05) is 18.2 Å². The molecule has 0 unspecified atom stereocenters. The number of halogens is 1. The third kappa shape index (κ3) is 7.60. The molecule has 0 amide bonds. The van der Waals surface area contributed by atoms with Gasteiger partial charge in [0.05, 0.1) is 12.2 Å². The standard InChI is InChI=1S/C19H25BrO2/c1-15(2)5-4-6-16(3)12-14-22-19(21)18-9-7-17(8-10-18)11-13-20/h5,7-11,13,16H,4,6,12,14H2,1-3H3/b13-11+/t16-/m0/s1. The highest BCUT2D eigenvalue weighted by Gasteiger charge is 2.08. The molecule has 0 aliphatic heterocycles. The van der Waals surface area contributed by atoms with Crippen LogP contribution in [0.2, 0.25) is 0 Å². The van der Waals surface area contributed by atoms with Gasteiger partial charge in [0.1, 0.15) is 0 Å². The van der Waals surface area contributed by atoms with Crippen molar-refractivity contribution in [2.45, 2.75) is 40.0 Å². The predicted molar refractivity (Wildman–Crippen MR) is 97.1 cm³/mol. The molecular weight excluding hydrogens is 340 g/mol. The number of hydrogen-bond donors (Lipinski definition) is 0. The minimum Gasteiger partial charge on any atom is -0.462 e. The number of benzene rings is 1. The third-order valence-electron chi connectivity index (χ3n) is 3.46. The molecule has 0 aliphatic carbocycles. The van der Waals surface area contributed by atoms with Crippen molar-refractivity contribution in [2.75, 3.05) is 6.61 Å². The van der Waals surface area contributed by atoms with Crippen molar-refractivity contribution < 1.29 is 9.53 Å². The van der Waals surface area contributed by atoms with Crippen LogP contribution in [0.3, 0.4) is 0 Å². The maximum Gasteiger partial charge on any atom is 0.338 e. The van der Waals surface area contributed by atoms with Crippen molar-refractivity contribution in [2.24, 2.45) is 5.92 Å². The zero-order valence-electron chi connectivity index (χ0n) is 13.6. The van der Waals surface area contributed by atoms with Gasteiger partial charge >= 0.3 is 5.97 Å². The van der Waals surface area contributed by atoms with E-state index in [0.717, 1.165) is 24.8 Å². The monoisotopic (exact) mass is 364 g/mol. The SMILES string of the molecule is CC(C)=CCC[C@H](C)CCOC(=O)c1ccc(/C=C/Br)cc1. The molecule has 1 aromatic carbocycles. The van der Waals surface area contributed by atoms with E-state index in [2.05, 4.69) is 42.8 Å². The molecule has 3 heteroatoms. The number of carbonyl (C=O) groups is 1. The molecule has 0 aromatic heterocycles. The van der Waals surface area contributed by atoms with Gasteiger partial charge in [-0.15, -0.1) is 0 Å². The summed E-state index contributed by atoms with van der Waals surface area (Å²) in [5.41, 5.74) is 3.00. The summed E-state index contributed by atoms with van der Waals surface area (Å²) in [6.45, 7) is 6.92. The minimum absolute atomic E-state index is 0.245. The summed E-state index contributed by atoms with van der Waals surface area (Å²) in [5.74, 6) is 0.320. The average molecular weight is 365 g/mol. The lowest BCUT2D eigenvalue weighted by Crippen LogP contribution is -2.09. The van der Waals surface area contributed by atoms with Crippen LogP contribution < -0.4 is 0 Å². The molecule has 0 aliphatic rings.